The number of aryl methyl sites for hydroxylation is 1. The summed E-state index contributed by atoms with van der Waals surface area (Å²) < 4.78 is 2.32. The maximum Gasteiger partial charge on any atom is 0.272 e. The number of carbonyl (C=O) groups is 1. The Hall–Kier alpha value is -2.29. The second kappa shape index (κ2) is 5.66. The molecule has 1 amide bonds. The summed E-state index contributed by atoms with van der Waals surface area (Å²) in [6.07, 6.45) is 3.71. The van der Waals surface area contributed by atoms with Gasteiger partial charge in [-0.15, -0.1) is 0 Å². The molecular weight excluding hydrogens is 374 g/mol. The molecule has 1 aliphatic rings. The van der Waals surface area contributed by atoms with Crippen molar-refractivity contribution >= 4 is 27.5 Å². The summed E-state index contributed by atoms with van der Waals surface area (Å²) in [5.41, 5.74) is 2.34. The van der Waals surface area contributed by atoms with Gasteiger partial charge in [-0.3, -0.25) is 4.79 Å². The van der Waals surface area contributed by atoms with Crippen LogP contribution in [0.2, 0.25) is 0 Å². The third kappa shape index (κ3) is 2.48. The first-order chi connectivity index (χ1) is 11.5. The quantitative estimate of drug-likeness (QED) is 0.668. The van der Waals surface area contributed by atoms with Gasteiger partial charge in [0.05, 0.1) is 11.9 Å². The number of hydrogen-bond acceptors (Lipinski definition) is 5. The maximum absolute atomic E-state index is 12.9. The van der Waals surface area contributed by atoms with Crippen LogP contribution in [0.5, 0.6) is 0 Å². The minimum absolute atomic E-state index is 0.0510. The molecular formula is C15H16BrN7O. The molecule has 0 aliphatic carbocycles. The molecule has 1 aliphatic heterocycles. The van der Waals surface area contributed by atoms with Crippen LogP contribution < -0.4 is 0 Å². The van der Waals surface area contributed by atoms with E-state index >= 15 is 0 Å². The molecule has 8 nitrogen and oxygen atoms in total. The summed E-state index contributed by atoms with van der Waals surface area (Å²) in [5, 5.41) is 12.8. The molecule has 9 heteroatoms. The van der Waals surface area contributed by atoms with E-state index in [0.29, 0.717) is 27.3 Å². The molecule has 0 radical (unpaired) electrons. The lowest BCUT2D eigenvalue weighted by Crippen LogP contribution is -2.34. The van der Waals surface area contributed by atoms with E-state index < -0.39 is 0 Å². The first-order valence-electron chi connectivity index (χ1n) is 7.77. The van der Waals surface area contributed by atoms with Gasteiger partial charge in [0.2, 0.25) is 0 Å². The van der Waals surface area contributed by atoms with Crippen molar-refractivity contribution in [1.29, 1.82) is 0 Å². The van der Waals surface area contributed by atoms with Gasteiger partial charge in [0.25, 0.3) is 5.91 Å². The zero-order valence-electron chi connectivity index (χ0n) is 13.3. The molecule has 24 heavy (non-hydrogen) atoms. The lowest BCUT2D eigenvalue weighted by atomic mass is 10.2. The second-order valence-corrected chi connectivity index (χ2v) is 6.79. The van der Waals surface area contributed by atoms with E-state index in [1.54, 1.807) is 29.9 Å². The van der Waals surface area contributed by atoms with Gasteiger partial charge >= 0.3 is 0 Å². The second-order valence-electron chi connectivity index (χ2n) is 5.97. The highest BCUT2D eigenvalue weighted by atomic mass is 79.9. The van der Waals surface area contributed by atoms with Gasteiger partial charge in [0.1, 0.15) is 16.0 Å². The van der Waals surface area contributed by atoms with Gasteiger partial charge in [0, 0.05) is 25.7 Å². The van der Waals surface area contributed by atoms with Crippen LogP contribution in [0.25, 0.3) is 17.0 Å². The fourth-order valence-corrected chi connectivity index (χ4v) is 3.45. The monoisotopic (exact) mass is 389 g/mol. The number of fused-ring (bicyclic) bond motifs is 1. The van der Waals surface area contributed by atoms with E-state index in [0.717, 1.165) is 19.4 Å². The van der Waals surface area contributed by atoms with Crippen molar-refractivity contribution in [1.82, 2.24) is 34.5 Å². The molecule has 4 heterocycles. The van der Waals surface area contributed by atoms with E-state index in [2.05, 4.69) is 43.1 Å². The average molecular weight is 390 g/mol. The van der Waals surface area contributed by atoms with E-state index in [1.807, 2.05) is 4.90 Å². The van der Waals surface area contributed by atoms with Crippen molar-refractivity contribution in [2.45, 2.75) is 25.8 Å². The Kier molecular flexibility index (Phi) is 3.60. The molecule has 0 bridgehead atoms. The van der Waals surface area contributed by atoms with Gasteiger partial charge < -0.3 is 4.90 Å². The van der Waals surface area contributed by atoms with Crippen LogP contribution in [-0.4, -0.2) is 53.0 Å². The van der Waals surface area contributed by atoms with Crippen LogP contribution >= 0.6 is 15.9 Å². The van der Waals surface area contributed by atoms with E-state index in [4.69, 9.17) is 0 Å². The lowest BCUT2D eigenvalue weighted by molar-refractivity contribution is 0.0741. The molecule has 1 atom stereocenters. The third-order valence-electron chi connectivity index (χ3n) is 4.29. The molecule has 4 rings (SSSR count). The molecule has 0 N–H and O–H groups in total. The third-order valence-corrected chi connectivity index (χ3v) is 4.68. The predicted octanol–water partition coefficient (Wildman–Crippen LogP) is 1.91. The fourth-order valence-electron chi connectivity index (χ4n) is 3.08. The van der Waals surface area contributed by atoms with Gasteiger partial charge in [0.15, 0.2) is 5.65 Å². The molecule has 1 saturated heterocycles. The highest BCUT2D eigenvalue weighted by Gasteiger charge is 2.28. The molecule has 0 saturated carbocycles. The van der Waals surface area contributed by atoms with Crippen molar-refractivity contribution in [2.75, 3.05) is 6.54 Å². The normalized spacial score (nSPS) is 17.8. The van der Waals surface area contributed by atoms with Crippen LogP contribution in [0.4, 0.5) is 0 Å². The van der Waals surface area contributed by atoms with Gasteiger partial charge in [-0.2, -0.15) is 20.1 Å². The molecule has 1 fully saturated rings. The van der Waals surface area contributed by atoms with E-state index in [1.165, 1.54) is 4.80 Å². The molecule has 124 valence electrons. The zero-order valence-corrected chi connectivity index (χ0v) is 14.9. The van der Waals surface area contributed by atoms with Crippen molar-refractivity contribution in [3.8, 4) is 11.4 Å². The smallest absolute Gasteiger partial charge is 0.272 e. The number of likely N-dealkylation sites (tertiary alicyclic amines) is 1. The van der Waals surface area contributed by atoms with Gasteiger partial charge in [-0.1, -0.05) is 0 Å². The summed E-state index contributed by atoms with van der Waals surface area (Å²) in [6, 6.07) is 3.76. The highest BCUT2D eigenvalue weighted by Crippen LogP contribution is 2.24. The maximum atomic E-state index is 12.9. The van der Waals surface area contributed by atoms with Crippen molar-refractivity contribution < 1.29 is 4.79 Å². The van der Waals surface area contributed by atoms with Crippen LogP contribution in [0, 0.1) is 0 Å². The van der Waals surface area contributed by atoms with Crippen molar-refractivity contribution in [3.05, 3.63) is 28.6 Å². The first kappa shape index (κ1) is 15.3. The van der Waals surface area contributed by atoms with Gasteiger partial charge in [-0.05, 0) is 41.8 Å². The van der Waals surface area contributed by atoms with Crippen LogP contribution in [-0.2, 0) is 7.05 Å². The predicted molar refractivity (Wildman–Crippen MR) is 90.4 cm³/mol. The Morgan fingerprint density at radius 3 is 2.83 bits per heavy atom. The van der Waals surface area contributed by atoms with Crippen LogP contribution in [0.1, 0.15) is 30.3 Å². The summed E-state index contributed by atoms with van der Waals surface area (Å²) in [6.45, 7) is 2.85. The molecule has 3 aromatic heterocycles. The van der Waals surface area contributed by atoms with Gasteiger partial charge in [-0.25, -0.2) is 9.50 Å². The first-order valence-corrected chi connectivity index (χ1v) is 8.56. The molecule has 0 unspecified atom stereocenters. The Bertz CT molecular complexity index is 931. The zero-order chi connectivity index (χ0) is 16.8. The molecule has 3 aromatic rings. The minimum atomic E-state index is -0.0510. The largest absolute Gasteiger partial charge is 0.335 e. The number of halogens is 1. The summed E-state index contributed by atoms with van der Waals surface area (Å²) >= 11 is 3.37. The Morgan fingerprint density at radius 1 is 1.33 bits per heavy atom. The highest BCUT2D eigenvalue weighted by molar-refractivity contribution is 9.10. The molecule has 0 spiro atoms. The molecule has 0 aromatic carbocycles. The number of aromatic nitrogens is 6. The van der Waals surface area contributed by atoms with E-state index in [-0.39, 0.29) is 11.9 Å². The SMILES string of the molecule is C[C@@H]1CCCN1C(=O)c1cc(-c2cnn(C)n2)n2nc(Br)cc2n1. The Morgan fingerprint density at radius 2 is 2.17 bits per heavy atom. The Balaban J connectivity index is 1.86. The number of carbonyl (C=O) groups excluding carboxylic acids is 1. The number of rotatable bonds is 2. The summed E-state index contributed by atoms with van der Waals surface area (Å²) in [5.74, 6) is -0.0510. The standard InChI is InChI=1S/C15H16BrN7O/c1-9-4-3-5-22(9)15(24)10-6-12(11-8-17-21(2)19-11)23-14(18-10)7-13(16)20-23/h6-9H,3-5H2,1-2H3/t9-/m1/s1. The van der Waals surface area contributed by atoms with Crippen LogP contribution in [0.3, 0.4) is 0 Å². The number of amides is 1. The summed E-state index contributed by atoms with van der Waals surface area (Å²) in [4.78, 5) is 20.7. The fraction of sp³-hybridized carbons (Fsp3) is 0.400. The van der Waals surface area contributed by atoms with E-state index in [9.17, 15) is 4.79 Å². The topological polar surface area (TPSA) is 81.2 Å². The summed E-state index contributed by atoms with van der Waals surface area (Å²) in [7, 11) is 1.75. The van der Waals surface area contributed by atoms with Crippen molar-refractivity contribution in [3.63, 3.8) is 0 Å². The average Bonchev–Trinajstić information content (AvgIpc) is 3.24. The minimum Gasteiger partial charge on any atom is -0.335 e. The van der Waals surface area contributed by atoms with Crippen LogP contribution in [0.15, 0.2) is 22.9 Å². The lowest BCUT2D eigenvalue weighted by Gasteiger charge is -2.21. The number of nitrogens with zero attached hydrogens (tertiary/aromatic N) is 7. The number of hydrogen-bond donors (Lipinski definition) is 0. The van der Waals surface area contributed by atoms with Crippen molar-refractivity contribution in [2.24, 2.45) is 7.05 Å². The Labute approximate surface area is 146 Å².